The fourth-order valence-corrected chi connectivity index (χ4v) is 3.78. The molecule has 0 saturated heterocycles. The lowest BCUT2D eigenvalue weighted by Crippen LogP contribution is -2.56. The number of carbonyl (C=O) groups is 3. The molecule has 1 heterocycles. The third-order valence-corrected chi connectivity index (χ3v) is 6.05. The number of aliphatic hydroxyl groups excluding tert-OH is 1. The van der Waals surface area contributed by atoms with E-state index in [0.29, 0.717) is 17.3 Å². The summed E-state index contributed by atoms with van der Waals surface area (Å²) in [5.41, 5.74) is -0.643. The van der Waals surface area contributed by atoms with Gasteiger partial charge in [-0.25, -0.2) is 19.0 Å². The maximum Gasteiger partial charge on any atom is 0.349 e. The van der Waals surface area contributed by atoms with Gasteiger partial charge in [0.25, 0.3) is 0 Å². The molecule has 1 aliphatic rings. The quantitative estimate of drug-likeness (QED) is 0.395. The molecule has 0 fully saturated rings. The number of Topliss-reactive ketones (excluding diaryl/α,β-unsaturated/α-hetero) is 1. The molecule has 1 atom stereocenters. The number of hydrogen-bond acceptors (Lipinski definition) is 5. The van der Waals surface area contributed by atoms with Crippen LogP contribution in [0, 0.1) is 22.5 Å². The largest absolute Gasteiger partial charge is 0.506 e. The van der Waals surface area contributed by atoms with E-state index in [1.54, 1.807) is 24.3 Å². The third-order valence-electron chi connectivity index (χ3n) is 6.05. The SMILES string of the molecule is CC(C)(CC(=O)Cc1ccc([N+]2(C)C(=N)/C(=C(\O)c3ccc(F)cc3F)C=CC2=O)cc1)C(=O)O. The maximum atomic E-state index is 14.2. The number of rotatable bonds is 7. The molecule has 3 rings (SSSR count). The lowest BCUT2D eigenvalue weighted by molar-refractivity contribution is -0.149. The van der Waals surface area contributed by atoms with Crippen LogP contribution < -0.4 is 4.48 Å². The number of aliphatic hydroxyl groups is 1. The Morgan fingerprint density at radius 2 is 1.66 bits per heavy atom. The summed E-state index contributed by atoms with van der Waals surface area (Å²) < 4.78 is 26.8. The number of amidine groups is 1. The standard InChI is InChI=1S/C26H24F2N2O5/c1-26(2,25(34)35)14-18(31)12-15-4-7-17(8-5-15)30(3)22(32)11-10-20(24(30)29)23(33)19-9-6-16(27)13-21(19)28/h4-11,13H,12,14H2,1-3H3,(H2-,29,32,33,34,35)/p+1. The fourth-order valence-electron chi connectivity index (χ4n) is 3.78. The molecule has 0 saturated carbocycles. The molecule has 3 N–H and O–H groups in total. The van der Waals surface area contributed by atoms with E-state index in [4.69, 9.17) is 5.41 Å². The Morgan fingerprint density at radius 1 is 1.03 bits per heavy atom. The van der Waals surface area contributed by atoms with Gasteiger partial charge in [0, 0.05) is 37.1 Å². The molecule has 0 aliphatic carbocycles. The summed E-state index contributed by atoms with van der Waals surface area (Å²) in [4.78, 5) is 36.4. The van der Waals surface area contributed by atoms with Crippen LogP contribution in [0.3, 0.4) is 0 Å². The number of halogens is 2. The summed E-state index contributed by atoms with van der Waals surface area (Å²) in [6.45, 7) is 2.95. The van der Waals surface area contributed by atoms with E-state index < -0.39 is 39.2 Å². The molecule has 1 amide bonds. The zero-order valence-corrected chi connectivity index (χ0v) is 19.4. The van der Waals surface area contributed by atoms with Crippen molar-refractivity contribution >= 4 is 34.9 Å². The first-order chi connectivity index (χ1) is 16.3. The van der Waals surface area contributed by atoms with Crippen LogP contribution in [-0.4, -0.2) is 40.8 Å². The van der Waals surface area contributed by atoms with Gasteiger partial charge in [-0.1, -0.05) is 12.1 Å². The molecule has 0 spiro atoms. The predicted molar refractivity (Wildman–Crippen MR) is 127 cm³/mol. The molecule has 1 aliphatic heterocycles. The summed E-state index contributed by atoms with van der Waals surface area (Å²) >= 11 is 0. The van der Waals surface area contributed by atoms with Crippen molar-refractivity contribution in [2.24, 2.45) is 5.41 Å². The van der Waals surface area contributed by atoms with Crippen molar-refractivity contribution in [2.75, 3.05) is 7.05 Å². The van der Waals surface area contributed by atoms with Crippen LogP contribution in [0.1, 0.15) is 31.4 Å². The highest BCUT2D eigenvalue weighted by molar-refractivity contribution is 6.25. The molecule has 0 bridgehead atoms. The van der Waals surface area contributed by atoms with Crippen molar-refractivity contribution in [2.45, 2.75) is 26.7 Å². The molecule has 1 unspecified atom stereocenters. The topological polar surface area (TPSA) is 116 Å². The Balaban J connectivity index is 1.91. The van der Waals surface area contributed by atoms with E-state index in [2.05, 4.69) is 0 Å². The van der Waals surface area contributed by atoms with Crippen LogP contribution in [0.4, 0.5) is 14.5 Å². The highest BCUT2D eigenvalue weighted by Gasteiger charge is 2.44. The second kappa shape index (κ2) is 9.34. The van der Waals surface area contributed by atoms with E-state index in [9.17, 15) is 33.4 Å². The van der Waals surface area contributed by atoms with Gasteiger partial charge in [-0.2, -0.15) is 4.48 Å². The van der Waals surface area contributed by atoms with Crippen molar-refractivity contribution < 1.29 is 33.4 Å². The zero-order valence-electron chi connectivity index (χ0n) is 19.4. The van der Waals surface area contributed by atoms with Crippen LogP contribution in [0.5, 0.6) is 0 Å². The molecule has 9 heteroatoms. The van der Waals surface area contributed by atoms with Gasteiger partial charge in [0.15, 0.2) is 0 Å². The van der Waals surface area contributed by atoms with E-state index in [1.165, 1.54) is 27.0 Å². The third kappa shape index (κ3) is 4.95. The van der Waals surface area contributed by atoms with Gasteiger partial charge in [-0.05, 0) is 37.6 Å². The molecule has 2 aromatic carbocycles. The Hall–Kier alpha value is -3.98. The van der Waals surface area contributed by atoms with Gasteiger partial charge in [-0.3, -0.25) is 9.59 Å². The fraction of sp³-hybridized carbons (Fsp3) is 0.231. The average Bonchev–Trinajstić information content (AvgIpc) is 2.77. The monoisotopic (exact) mass is 483 g/mol. The summed E-state index contributed by atoms with van der Waals surface area (Å²) in [7, 11) is 1.44. The van der Waals surface area contributed by atoms with Crippen LogP contribution in [0.15, 0.2) is 60.2 Å². The van der Waals surface area contributed by atoms with Crippen molar-refractivity contribution in [3.8, 4) is 0 Å². The number of carbonyl (C=O) groups excluding carboxylic acids is 2. The maximum absolute atomic E-state index is 14.2. The number of carboxylic acids is 1. The number of hydrogen-bond donors (Lipinski definition) is 3. The molecule has 35 heavy (non-hydrogen) atoms. The van der Waals surface area contributed by atoms with Gasteiger partial charge in [0.05, 0.1) is 23.6 Å². The zero-order chi connectivity index (χ0) is 26.1. The first-order valence-electron chi connectivity index (χ1n) is 10.7. The number of nitrogens with one attached hydrogen (secondary N) is 1. The van der Waals surface area contributed by atoms with E-state index in [1.807, 2.05) is 0 Å². The molecule has 0 radical (unpaired) electrons. The van der Waals surface area contributed by atoms with Gasteiger partial charge in [0.1, 0.15) is 28.9 Å². The van der Waals surface area contributed by atoms with Crippen molar-refractivity contribution in [1.82, 2.24) is 4.48 Å². The first kappa shape index (κ1) is 25.6. The second-order valence-corrected chi connectivity index (χ2v) is 9.16. The van der Waals surface area contributed by atoms with Crippen molar-refractivity contribution in [3.05, 3.63) is 83.0 Å². The number of nitrogens with zero attached hydrogens (tertiary/aromatic N) is 1. The van der Waals surface area contributed by atoms with Crippen molar-refractivity contribution in [3.63, 3.8) is 0 Å². The minimum Gasteiger partial charge on any atom is -0.506 e. The Kier molecular flexibility index (Phi) is 6.84. The lowest BCUT2D eigenvalue weighted by atomic mass is 9.86. The number of ketones is 1. The summed E-state index contributed by atoms with van der Waals surface area (Å²) in [6.07, 6.45) is 2.23. The molecular formula is C26H25F2N2O5+. The number of amides is 1. The molecule has 7 nitrogen and oxygen atoms in total. The van der Waals surface area contributed by atoms with Crippen LogP contribution >= 0.6 is 0 Å². The number of benzene rings is 2. The van der Waals surface area contributed by atoms with Crippen LogP contribution in [0.2, 0.25) is 0 Å². The number of aliphatic carboxylic acids is 1. The van der Waals surface area contributed by atoms with E-state index in [-0.39, 0.29) is 35.6 Å². The number of likely N-dealkylation sites (N-methyl/N-ethyl adjacent to an activating group) is 1. The summed E-state index contributed by atoms with van der Waals surface area (Å²) in [5.74, 6) is -4.58. The summed E-state index contributed by atoms with van der Waals surface area (Å²) in [5, 5.41) is 28.5. The summed E-state index contributed by atoms with van der Waals surface area (Å²) in [6, 6.07) is 8.96. The van der Waals surface area contributed by atoms with Gasteiger partial charge >= 0.3 is 11.9 Å². The van der Waals surface area contributed by atoms with E-state index in [0.717, 1.165) is 18.2 Å². The minimum absolute atomic E-state index is 0.00177. The van der Waals surface area contributed by atoms with Gasteiger partial charge in [-0.15, -0.1) is 0 Å². The normalized spacial score (nSPS) is 19.6. The van der Waals surface area contributed by atoms with Crippen molar-refractivity contribution in [1.29, 1.82) is 5.41 Å². The van der Waals surface area contributed by atoms with Gasteiger partial charge < -0.3 is 10.2 Å². The van der Waals surface area contributed by atoms with Crippen LogP contribution in [-0.2, 0) is 20.8 Å². The predicted octanol–water partition coefficient (Wildman–Crippen LogP) is 4.56. The molecular weight excluding hydrogens is 458 g/mol. The highest BCUT2D eigenvalue weighted by Crippen LogP contribution is 2.32. The Bertz CT molecular complexity index is 1300. The molecule has 2 aromatic rings. The number of carboxylic acid groups (broad SMARTS) is 1. The molecule has 0 aromatic heterocycles. The number of quaternary nitrogens is 1. The molecule has 182 valence electrons. The van der Waals surface area contributed by atoms with Gasteiger partial charge in [0.2, 0.25) is 5.84 Å². The second-order valence-electron chi connectivity index (χ2n) is 9.16. The minimum atomic E-state index is -1.19. The lowest BCUT2D eigenvalue weighted by Gasteiger charge is -2.32. The average molecular weight is 483 g/mol. The first-order valence-corrected chi connectivity index (χ1v) is 10.7. The van der Waals surface area contributed by atoms with E-state index >= 15 is 0 Å². The smallest absolute Gasteiger partial charge is 0.349 e. The Labute approximate surface area is 200 Å². The Morgan fingerprint density at radius 3 is 2.23 bits per heavy atom. The van der Waals surface area contributed by atoms with Crippen LogP contribution in [0.25, 0.3) is 5.76 Å². The highest BCUT2D eigenvalue weighted by atomic mass is 19.1.